The normalized spacial score (nSPS) is 45.0. The van der Waals surface area contributed by atoms with Crippen LogP contribution in [0.4, 0.5) is 0 Å². The van der Waals surface area contributed by atoms with Crippen LogP contribution in [0.5, 0.6) is 0 Å². The lowest BCUT2D eigenvalue weighted by atomic mass is 9.47. The average Bonchev–Trinajstić information content (AvgIpc) is 2.91. The molecule has 0 spiro atoms. The smallest absolute Gasteiger partial charge is 0.155 e. The van der Waals surface area contributed by atoms with E-state index in [1.54, 1.807) is 0 Å². The first kappa shape index (κ1) is 18.8. The standard InChI is InChI=1S/C23H34O2S/c1-4-15-12-20-18-7-6-16-13-17(24)8-11-23(16,14-26-5-2)19(18)9-10-22(20,3)21(15)25/h13,15,18-20H,4-12,14H2,1-3H3/t15?,18-,19-,20+,22+,23-/m1/s1. The molecule has 4 rings (SSSR count). The summed E-state index contributed by atoms with van der Waals surface area (Å²) < 4.78 is 0. The van der Waals surface area contributed by atoms with Crippen LogP contribution in [0.1, 0.15) is 72.1 Å². The summed E-state index contributed by atoms with van der Waals surface area (Å²) in [4.78, 5) is 25.2. The first-order valence-corrected chi connectivity index (χ1v) is 12.0. The summed E-state index contributed by atoms with van der Waals surface area (Å²) >= 11 is 2.06. The minimum absolute atomic E-state index is 0.0629. The Hall–Kier alpha value is -0.570. The van der Waals surface area contributed by atoms with Crippen LogP contribution < -0.4 is 0 Å². The fraction of sp³-hybridized carbons (Fsp3) is 0.826. The van der Waals surface area contributed by atoms with E-state index < -0.39 is 0 Å². The maximum atomic E-state index is 13.1. The molecule has 3 saturated carbocycles. The van der Waals surface area contributed by atoms with E-state index in [4.69, 9.17) is 0 Å². The van der Waals surface area contributed by atoms with Crippen LogP contribution in [0, 0.1) is 34.5 Å². The third-order valence-corrected chi connectivity index (χ3v) is 9.73. The van der Waals surface area contributed by atoms with E-state index in [1.165, 1.54) is 24.2 Å². The lowest BCUT2D eigenvalue weighted by molar-refractivity contribution is -0.134. The Balaban J connectivity index is 1.70. The SMILES string of the molecule is CCSC[C@]12CCC(=O)C=C1CC[C@@H]1[C@H]2CC[C@]2(C)C(=O)C(CC)C[C@@H]12. The van der Waals surface area contributed by atoms with Crippen molar-refractivity contribution in [1.29, 1.82) is 0 Å². The molecule has 0 amide bonds. The number of fused-ring (bicyclic) bond motifs is 5. The first-order chi connectivity index (χ1) is 12.5. The Bertz CT molecular complexity index is 638. The van der Waals surface area contributed by atoms with Gasteiger partial charge in [0.1, 0.15) is 5.78 Å². The minimum Gasteiger partial charge on any atom is -0.299 e. The molecule has 0 aromatic carbocycles. The van der Waals surface area contributed by atoms with Gasteiger partial charge in [0.05, 0.1) is 0 Å². The first-order valence-electron chi connectivity index (χ1n) is 10.8. The summed E-state index contributed by atoms with van der Waals surface area (Å²) in [6.07, 6.45) is 10.5. The molecule has 0 heterocycles. The second kappa shape index (κ2) is 6.79. The second-order valence-electron chi connectivity index (χ2n) is 9.51. The van der Waals surface area contributed by atoms with Crippen LogP contribution in [-0.4, -0.2) is 23.1 Å². The fourth-order valence-electron chi connectivity index (χ4n) is 7.21. The summed E-state index contributed by atoms with van der Waals surface area (Å²) in [5.41, 5.74) is 1.65. The molecule has 1 unspecified atom stereocenters. The Morgan fingerprint density at radius 2 is 1.92 bits per heavy atom. The quantitative estimate of drug-likeness (QED) is 0.655. The van der Waals surface area contributed by atoms with E-state index in [2.05, 4.69) is 32.5 Å². The highest BCUT2D eigenvalue weighted by atomic mass is 32.2. The summed E-state index contributed by atoms with van der Waals surface area (Å²) in [6.45, 7) is 6.72. The van der Waals surface area contributed by atoms with Gasteiger partial charge in [-0.1, -0.05) is 26.3 Å². The van der Waals surface area contributed by atoms with Crippen molar-refractivity contribution in [3.05, 3.63) is 11.6 Å². The van der Waals surface area contributed by atoms with Crippen molar-refractivity contribution in [2.45, 2.75) is 72.1 Å². The second-order valence-corrected chi connectivity index (χ2v) is 10.8. The molecular formula is C23H34O2S. The summed E-state index contributed by atoms with van der Waals surface area (Å²) in [5.74, 6) is 5.51. The van der Waals surface area contributed by atoms with Crippen molar-refractivity contribution in [3.8, 4) is 0 Å². The number of hydrogen-bond acceptors (Lipinski definition) is 3. The van der Waals surface area contributed by atoms with E-state index in [0.717, 1.165) is 44.3 Å². The molecule has 0 bridgehead atoms. The molecule has 0 radical (unpaired) electrons. The van der Waals surface area contributed by atoms with Crippen molar-refractivity contribution >= 4 is 23.3 Å². The molecule has 0 aliphatic heterocycles. The molecule has 0 aromatic rings. The number of hydrogen-bond donors (Lipinski definition) is 0. The third-order valence-electron chi connectivity index (χ3n) is 8.60. The van der Waals surface area contributed by atoms with Crippen molar-refractivity contribution in [2.24, 2.45) is 34.5 Å². The van der Waals surface area contributed by atoms with Gasteiger partial charge in [0, 0.05) is 28.9 Å². The van der Waals surface area contributed by atoms with Crippen LogP contribution in [0.25, 0.3) is 0 Å². The molecule has 0 N–H and O–H groups in total. The Kier molecular flexibility index (Phi) is 4.91. The molecule has 3 heteroatoms. The number of carbonyl (C=O) groups is 2. The highest BCUT2D eigenvalue weighted by molar-refractivity contribution is 7.99. The Labute approximate surface area is 163 Å². The predicted molar refractivity (Wildman–Crippen MR) is 108 cm³/mol. The van der Waals surface area contributed by atoms with Gasteiger partial charge in [-0.3, -0.25) is 9.59 Å². The minimum atomic E-state index is -0.0629. The summed E-state index contributed by atoms with van der Waals surface area (Å²) in [6, 6.07) is 0. The maximum Gasteiger partial charge on any atom is 0.155 e. The van der Waals surface area contributed by atoms with Gasteiger partial charge in [-0.15, -0.1) is 0 Å². The van der Waals surface area contributed by atoms with Crippen LogP contribution in [-0.2, 0) is 9.59 Å². The summed E-state index contributed by atoms with van der Waals surface area (Å²) in [7, 11) is 0. The van der Waals surface area contributed by atoms with E-state index in [9.17, 15) is 9.59 Å². The zero-order valence-electron chi connectivity index (χ0n) is 16.7. The topological polar surface area (TPSA) is 34.1 Å². The molecule has 2 nitrogen and oxygen atoms in total. The molecule has 0 aromatic heterocycles. The van der Waals surface area contributed by atoms with Crippen LogP contribution in [0.3, 0.4) is 0 Å². The largest absolute Gasteiger partial charge is 0.299 e. The van der Waals surface area contributed by atoms with E-state index in [1.807, 2.05) is 6.08 Å². The zero-order valence-corrected chi connectivity index (χ0v) is 17.5. The number of allylic oxidation sites excluding steroid dienone is 1. The number of rotatable bonds is 4. The van der Waals surface area contributed by atoms with Crippen LogP contribution in [0.15, 0.2) is 11.6 Å². The molecule has 4 aliphatic carbocycles. The number of thioether (sulfide) groups is 1. The molecule has 6 atom stereocenters. The highest BCUT2D eigenvalue weighted by Crippen LogP contribution is 2.66. The molecular weight excluding hydrogens is 340 g/mol. The highest BCUT2D eigenvalue weighted by Gasteiger charge is 2.61. The van der Waals surface area contributed by atoms with Gasteiger partial charge >= 0.3 is 0 Å². The molecule has 144 valence electrons. The lowest BCUT2D eigenvalue weighted by Gasteiger charge is -2.58. The zero-order chi connectivity index (χ0) is 18.5. The van der Waals surface area contributed by atoms with Crippen LogP contribution >= 0.6 is 11.8 Å². The number of ketones is 2. The number of carbonyl (C=O) groups excluding carboxylic acids is 2. The van der Waals surface area contributed by atoms with Gasteiger partial charge in [0.25, 0.3) is 0 Å². The van der Waals surface area contributed by atoms with E-state index in [0.29, 0.717) is 35.2 Å². The fourth-order valence-corrected chi connectivity index (χ4v) is 8.32. The van der Waals surface area contributed by atoms with Gasteiger partial charge in [-0.05, 0) is 74.5 Å². The van der Waals surface area contributed by atoms with Gasteiger partial charge in [0.15, 0.2) is 5.78 Å². The third kappa shape index (κ3) is 2.59. The Morgan fingerprint density at radius 3 is 2.65 bits per heavy atom. The molecule has 3 fully saturated rings. The average molecular weight is 375 g/mol. The summed E-state index contributed by atoms with van der Waals surface area (Å²) in [5, 5.41) is 0. The molecule has 26 heavy (non-hydrogen) atoms. The molecule has 0 saturated heterocycles. The van der Waals surface area contributed by atoms with E-state index >= 15 is 0 Å². The van der Waals surface area contributed by atoms with Gasteiger partial charge < -0.3 is 0 Å². The molecule has 4 aliphatic rings. The monoisotopic (exact) mass is 374 g/mol. The van der Waals surface area contributed by atoms with Crippen molar-refractivity contribution in [3.63, 3.8) is 0 Å². The lowest BCUT2D eigenvalue weighted by Crippen LogP contribution is -2.52. The van der Waals surface area contributed by atoms with Crippen molar-refractivity contribution < 1.29 is 9.59 Å². The van der Waals surface area contributed by atoms with Crippen molar-refractivity contribution in [1.82, 2.24) is 0 Å². The predicted octanol–water partition coefficient (Wildman–Crippen LogP) is 5.46. The van der Waals surface area contributed by atoms with E-state index in [-0.39, 0.29) is 10.8 Å². The van der Waals surface area contributed by atoms with Gasteiger partial charge in [-0.25, -0.2) is 0 Å². The number of Topliss-reactive ketones (excluding diaryl/α,β-unsaturated/α-hetero) is 1. The van der Waals surface area contributed by atoms with Crippen LogP contribution in [0.2, 0.25) is 0 Å². The van der Waals surface area contributed by atoms with Crippen molar-refractivity contribution in [2.75, 3.05) is 11.5 Å². The maximum absolute atomic E-state index is 13.1. The van der Waals surface area contributed by atoms with Gasteiger partial charge in [0.2, 0.25) is 0 Å². The Morgan fingerprint density at radius 1 is 1.12 bits per heavy atom. The van der Waals surface area contributed by atoms with Gasteiger partial charge in [-0.2, -0.15) is 11.8 Å².